The lowest BCUT2D eigenvalue weighted by molar-refractivity contribution is -0.120. The summed E-state index contributed by atoms with van der Waals surface area (Å²) in [7, 11) is 0. The zero-order valence-corrected chi connectivity index (χ0v) is 16.5. The number of hydrogen-bond donors (Lipinski definition) is 2. The second-order valence-electron chi connectivity index (χ2n) is 6.31. The maximum atomic E-state index is 12.2. The Bertz CT molecular complexity index is 892. The molecule has 1 aliphatic heterocycles. The lowest BCUT2D eigenvalue weighted by Gasteiger charge is -2.20. The quantitative estimate of drug-likeness (QED) is 0.527. The Balaban J connectivity index is 1.45. The van der Waals surface area contributed by atoms with E-state index in [2.05, 4.69) is 34.6 Å². The second-order valence-corrected chi connectivity index (χ2v) is 6.31. The van der Waals surface area contributed by atoms with Crippen LogP contribution < -0.4 is 25.1 Å². The number of fused-ring (bicyclic) bond motifs is 1. The van der Waals surface area contributed by atoms with E-state index >= 15 is 0 Å². The first kappa shape index (κ1) is 20.2. The smallest absolute Gasteiger partial charge is 0.259 e. The molecule has 0 spiro atoms. The molecule has 2 N–H and O–H groups in total. The minimum absolute atomic E-state index is 0.138. The summed E-state index contributed by atoms with van der Waals surface area (Å²) in [5, 5.41) is 6.47. The largest absolute Gasteiger partial charge is 0.454 e. The SMILES string of the molecule is CCN(CC)c1ccc(/C=N\NC(=O)CNC(=O)c2ccc3c(c2)OCO3)cc1. The van der Waals surface area contributed by atoms with Crippen LogP contribution in [0, 0.1) is 0 Å². The van der Waals surface area contributed by atoms with Gasteiger partial charge in [0.1, 0.15) is 0 Å². The van der Waals surface area contributed by atoms with Crippen molar-refractivity contribution in [3.8, 4) is 11.5 Å². The van der Waals surface area contributed by atoms with Gasteiger partial charge in [0.05, 0.1) is 12.8 Å². The number of anilines is 1. The number of nitrogens with one attached hydrogen (secondary N) is 2. The van der Waals surface area contributed by atoms with Crippen LogP contribution in [0.2, 0.25) is 0 Å². The Labute approximate surface area is 169 Å². The molecule has 2 amide bonds. The number of amides is 2. The van der Waals surface area contributed by atoms with E-state index in [0.29, 0.717) is 17.1 Å². The summed E-state index contributed by atoms with van der Waals surface area (Å²) in [4.78, 5) is 26.3. The zero-order valence-electron chi connectivity index (χ0n) is 16.5. The van der Waals surface area contributed by atoms with Crippen molar-refractivity contribution < 1.29 is 19.1 Å². The van der Waals surface area contributed by atoms with Gasteiger partial charge >= 0.3 is 0 Å². The van der Waals surface area contributed by atoms with E-state index in [-0.39, 0.29) is 19.2 Å². The molecule has 0 aliphatic carbocycles. The van der Waals surface area contributed by atoms with Crippen molar-refractivity contribution in [3.05, 3.63) is 53.6 Å². The normalized spacial score (nSPS) is 12.1. The van der Waals surface area contributed by atoms with Crippen molar-refractivity contribution in [2.45, 2.75) is 13.8 Å². The van der Waals surface area contributed by atoms with Crippen LogP contribution in [0.15, 0.2) is 47.6 Å². The summed E-state index contributed by atoms with van der Waals surface area (Å²) in [5.74, 6) is 0.307. The van der Waals surface area contributed by atoms with E-state index in [1.54, 1.807) is 24.4 Å². The van der Waals surface area contributed by atoms with Crippen molar-refractivity contribution in [2.24, 2.45) is 5.10 Å². The van der Waals surface area contributed by atoms with Crippen molar-refractivity contribution in [2.75, 3.05) is 31.3 Å². The van der Waals surface area contributed by atoms with Gasteiger partial charge in [-0.2, -0.15) is 5.10 Å². The number of hydrogen-bond acceptors (Lipinski definition) is 6. The summed E-state index contributed by atoms with van der Waals surface area (Å²) in [6.07, 6.45) is 1.56. The van der Waals surface area contributed by atoms with Crippen molar-refractivity contribution in [1.29, 1.82) is 0 Å². The summed E-state index contributed by atoms with van der Waals surface area (Å²) in [5.41, 5.74) is 4.80. The fourth-order valence-corrected chi connectivity index (χ4v) is 2.88. The molecule has 0 saturated heterocycles. The van der Waals surface area contributed by atoms with Gasteiger partial charge in [-0.15, -0.1) is 0 Å². The molecule has 0 aromatic heterocycles. The Kier molecular flexibility index (Phi) is 6.67. The Morgan fingerprint density at radius 2 is 1.79 bits per heavy atom. The van der Waals surface area contributed by atoms with E-state index in [9.17, 15) is 9.59 Å². The molecule has 8 nitrogen and oxygen atoms in total. The molecule has 29 heavy (non-hydrogen) atoms. The number of rotatable bonds is 8. The van der Waals surface area contributed by atoms with E-state index in [4.69, 9.17) is 9.47 Å². The molecule has 1 heterocycles. The molecule has 0 saturated carbocycles. The van der Waals surface area contributed by atoms with Gasteiger partial charge in [0.25, 0.3) is 11.8 Å². The van der Waals surface area contributed by atoms with Gasteiger partial charge in [-0.3, -0.25) is 9.59 Å². The molecule has 0 radical (unpaired) electrons. The molecule has 8 heteroatoms. The van der Waals surface area contributed by atoms with Gasteiger partial charge in [0.2, 0.25) is 6.79 Å². The fraction of sp³-hybridized carbons (Fsp3) is 0.286. The van der Waals surface area contributed by atoms with Crippen molar-refractivity contribution >= 4 is 23.7 Å². The summed E-state index contributed by atoms with van der Waals surface area (Å²) < 4.78 is 10.4. The summed E-state index contributed by atoms with van der Waals surface area (Å²) in [6, 6.07) is 12.8. The van der Waals surface area contributed by atoms with Crippen LogP contribution in [0.1, 0.15) is 29.8 Å². The van der Waals surface area contributed by atoms with Crippen LogP contribution in [0.5, 0.6) is 11.5 Å². The number of carbonyl (C=O) groups excluding carboxylic acids is 2. The predicted octanol–water partition coefficient (Wildman–Crippen LogP) is 2.14. The average molecular weight is 396 g/mol. The van der Waals surface area contributed by atoms with Gasteiger partial charge in [0, 0.05) is 24.3 Å². The topological polar surface area (TPSA) is 92.3 Å². The van der Waals surface area contributed by atoms with Crippen LogP contribution in [0.25, 0.3) is 0 Å². The molecular weight excluding hydrogens is 372 g/mol. The van der Waals surface area contributed by atoms with E-state index in [0.717, 1.165) is 24.3 Å². The lowest BCUT2D eigenvalue weighted by Crippen LogP contribution is -2.34. The minimum Gasteiger partial charge on any atom is -0.454 e. The van der Waals surface area contributed by atoms with Gasteiger partial charge in [-0.25, -0.2) is 5.43 Å². The Morgan fingerprint density at radius 3 is 2.52 bits per heavy atom. The molecule has 0 unspecified atom stereocenters. The highest BCUT2D eigenvalue weighted by atomic mass is 16.7. The van der Waals surface area contributed by atoms with E-state index in [1.165, 1.54) is 0 Å². The molecule has 3 rings (SSSR count). The second kappa shape index (κ2) is 9.59. The monoisotopic (exact) mass is 396 g/mol. The Morgan fingerprint density at radius 1 is 1.07 bits per heavy atom. The number of hydrazone groups is 1. The fourth-order valence-electron chi connectivity index (χ4n) is 2.88. The van der Waals surface area contributed by atoms with Crippen LogP contribution in [0.4, 0.5) is 5.69 Å². The molecule has 0 bridgehead atoms. The maximum absolute atomic E-state index is 12.2. The highest BCUT2D eigenvalue weighted by Gasteiger charge is 2.16. The van der Waals surface area contributed by atoms with Crippen LogP contribution in [-0.2, 0) is 4.79 Å². The van der Waals surface area contributed by atoms with Gasteiger partial charge in [-0.05, 0) is 49.7 Å². The number of nitrogens with zero attached hydrogens (tertiary/aromatic N) is 2. The highest BCUT2D eigenvalue weighted by Crippen LogP contribution is 2.32. The average Bonchev–Trinajstić information content (AvgIpc) is 3.22. The Hall–Kier alpha value is -3.55. The number of benzene rings is 2. The zero-order chi connectivity index (χ0) is 20.6. The number of carbonyl (C=O) groups is 2. The molecule has 2 aromatic rings. The third kappa shape index (κ3) is 5.25. The number of ether oxygens (including phenoxy) is 2. The predicted molar refractivity (Wildman–Crippen MR) is 111 cm³/mol. The molecule has 152 valence electrons. The van der Waals surface area contributed by atoms with E-state index < -0.39 is 5.91 Å². The summed E-state index contributed by atoms with van der Waals surface area (Å²) in [6.45, 7) is 6.06. The van der Waals surface area contributed by atoms with Crippen LogP contribution >= 0.6 is 0 Å². The molecule has 1 aliphatic rings. The highest BCUT2D eigenvalue weighted by molar-refractivity contribution is 5.97. The van der Waals surface area contributed by atoms with Crippen molar-refractivity contribution in [1.82, 2.24) is 10.7 Å². The first-order chi connectivity index (χ1) is 14.1. The maximum Gasteiger partial charge on any atom is 0.259 e. The van der Waals surface area contributed by atoms with Crippen molar-refractivity contribution in [3.63, 3.8) is 0 Å². The first-order valence-corrected chi connectivity index (χ1v) is 9.45. The van der Waals surface area contributed by atoms with Gasteiger partial charge in [-0.1, -0.05) is 12.1 Å². The minimum atomic E-state index is -0.421. The van der Waals surface area contributed by atoms with Crippen LogP contribution in [-0.4, -0.2) is 44.5 Å². The third-order valence-corrected chi connectivity index (χ3v) is 4.47. The molecular formula is C21H24N4O4. The summed E-state index contributed by atoms with van der Waals surface area (Å²) >= 11 is 0. The van der Waals surface area contributed by atoms with Crippen LogP contribution in [0.3, 0.4) is 0 Å². The molecule has 0 fully saturated rings. The molecule has 0 atom stereocenters. The first-order valence-electron chi connectivity index (χ1n) is 9.45. The van der Waals surface area contributed by atoms with Gasteiger partial charge < -0.3 is 19.7 Å². The van der Waals surface area contributed by atoms with E-state index in [1.807, 2.05) is 24.3 Å². The molecule has 2 aromatic carbocycles. The standard InChI is InChI=1S/C21H24N4O4/c1-3-25(4-2)17-8-5-15(6-9-17)12-23-24-20(26)13-22-21(27)16-7-10-18-19(11-16)29-14-28-18/h5-12H,3-4,13-14H2,1-2H3,(H,22,27)(H,24,26)/b23-12-. The lowest BCUT2D eigenvalue weighted by atomic mass is 10.2. The third-order valence-electron chi connectivity index (χ3n) is 4.47. The van der Waals surface area contributed by atoms with Gasteiger partial charge in [0.15, 0.2) is 11.5 Å².